The van der Waals surface area contributed by atoms with E-state index in [1.807, 2.05) is 0 Å². The molecule has 0 aromatic rings. The third kappa shape index (κ3) is 7.74. The summed E-state index contributed by atoms with van der Waals surface area (Å²) >= 11 is 3.84. The van der Waals surface area contributed by atoms with Crippen molar-refractivity contribution in [3.63, 3.8) is 0 Å². The molecule has 4 nitrogen and oxygen atoms in total. The molecule has 0 aromatic heterocycles. The van der Waals surface area contributed by atoms with E-state index in [1.165, 1.54) is 10.8 Å². The van der Waals surface area contributed by atoms with E-state index in [4.69, 9.17) is 5.11 Å². The van der Waals surface area contributed by atoms with Crippen LogP contribution in [0.5, 0.6) is 0 Å². The molecule has 0 aliphatic rings. The van der Waals surface area contributed by atoms with Crippen molar-refractivity contribution in [3.8, 4) is 0 Å². The molecule has 0 saturated heterocycles. The standard InChI is InChI=1S/C6H10O4S2/c7-5(8)1-2-6(9)10-3-4-12-11/h11H,1-4H2,(H,7,8). The van der Waals surface area contributed by atoms with E-state index in [0.29, 0.717) is 5.75 Å². The average molecular weight is 210 g/mol. The van der Waals surface area contributed by atoms with Gasteiger partial charge in [0.25, 0.3) is 0 Å². The van der Waals surface area contributed by atoms with Gasteiger partial charge in [0.15, 0.2) is 0 Å². The lowest BCUT2D eigenvalue weighted by atomic mass is 10.3. The third-order valence-corrected chi connectivity index (χ3v) is 1.88. The smallest absolute Gasteiger partial charge is 0.306 e. The van der Waals surface area contributed by atoms with Gasteiger partial charge in [-0.05, 0) is 0 Å². The number of carboxylic acids is 1. The second-order valence-corrected chi connectivity index (χ2v) is 3.39. The molecular weight excluding hydrogens is 200 g/mol. The number of hydrogen-bond donors (Lipinski definition) is 2. The van der Waals surface area contributed by atoms with Crippen LogP contribution in [0.1, 0.15) is 12.8 Å². The van der Waals surface area contributed by atoms with Crippen molar-refractivity contribution < 1.29 is 19.4 Å². The zero-order valence-corrected chi connectivity index (χ0v) is 8.07. The SMILES string of the molecule is O=C(O)CCC(=O)OCCSS. The second kappa shape index (κ2) is 7.30. The number of esters is 1. The van der Waals surface area contributed by atoms with Crippen LogP contribution < -0.4 is 0 Å². The highest BCUT2D eigenvalue weighted by molar-refractivity contribution is 8.68. The number of carbonyl (C=O) groups excluding carboxylic acids is 1. The van der Waals surface area contributed by atoms with Gasteiger partial charge in [-0.15, -0.1) is 11.7 Å². The molecule has 1 N–H and O–H groups in total. The van der Waals surface area contributed by atoms with Crippen molar-refractivity contribution in [3.05, 3.63) is 0 Å². The largest absolute Gasteiger partial charge is 0.481 e. The Morgan fingerprint density at radius 3 is 2.58 bits per heavy atom. The summed E-state index contributed by atoms with van der Waals surface area (Å²) in [6.07, 6.45) is -0.237. The van der Waals surface area contributed by atoms with Crippen molar-refractivity contribution in [2.75, 3.05) is 12.4 Å². The zero-order valence-electron chi connectivity index (χ0n) is 6.36. The molecule has 0 fully saturated rings. The van der Waals surface area contributed by atoms with Gasteiger partial charge in [-0.3, -0.25) is 9.59 Å². The predicted octanol–water partition coefficient (Wildman–Crippen LogP) is 0.972. The number of aliphatic carboxylic acids is 1. The number of thiol groups is 1. The Kier molecular flexibility index (Phi) is 7.08. The predicted molar refractivity (Wildman–Crippen MR) is 49.3 cm³/mol. The first kappa shape index (κ1) is 11.6. The minimum Gasteiger partial charge on any atom is -0.481 e. The highest BCUT2D eigenvalue weighted by atomic mass is 33.1. The van der Waals surface area contributed by atoms with Gasteiger partial charge in [0.1, 0.15) is 6.61 Å². The summed E-state index contributed by atoms with van der Waals surface area (Å²) in [6, 6.07) is 0. The maximum atomic E-state index is 10.7. The Hall–Kier alpha value is -0.360. The normalized spacial score (nSPS) is 9.42. The van der Waals surface area contributed by atoms with Crippen molar-refractivity contribution in [2.24, 2.45) is 0 Å². The quantitative estimate of drug-likeness (QED) is 0.296. The molecule has 0 amide bonds. The molecule has 0 atom stereocenters. The van der Waals surface area contributed by atoms with E-state index in [-0.39, 0.29) is 19.4 Å². The van der Waals surface area contributed by atoms with Crippen molar-refractivity contribution in [1.82, 2.24) is 0 Å². The molecule has 0 radical (unpaired) electrons. The summed E-state index contributed by atoms with van der Waals surface area (Å²) in [7, 11) is 1.27. The van der Waals surface area contributed by atoms with Gasteiger partial charge in [0, 0.05) is 5.75 Å². The number of carbonyl (C=O) groups is 2. The monoisotopic (exact) mass is 210 g/mol. The van der Waals surface area contributed by atoms with Crippen LogP contribution in [-0.4, -0.2) is 29.4 Å². The molecule has 0 aliphatic carbocycles. The molecule has 0 spiro atoms. The summed E-state index contributed by atoms with van der Waals surface area (Å²) in [4.78, 5) is 20.7. The van der Waals surface area contributed by atoms with Gasteiger partial charge < -0.3 is 9.84 Å². The summed E-state index contributed by atoms with van der Waals surface area (Å²) in [6.45, 7) is 0.284. The molecule has 0 unspecified atom stereocenters. The first-order chi connectivity index (χ1) is 5.66. The van der Waals surface area contributed by atoms with E-state index in [9.17, 15) is 9.59 Å². The lowest BCUT2D eigenvalue weighted by Crippen LogP contribution is -2.09. The molecule has 0 saturated carbocycles. The van der Waals surface area contributed by atoms with Gasteiger partial charge >= 0.3 is 11.9 Å². The molecule has 12 heavy (non-hydrogen) atoms. The summed E-state index contributed by atoms with van der Waals surface area (Å²) in [5.41, 5.74) is 0. The maximum absolute atomic E-state index is 10.7. The Morgan fingerprint density at radius 1 is 1.42 bits per heavy atom. The van der Waals surface area contributed by atoms with Crippen LogP contribution in [0.3, 0.4) is 0 Å². The fourth-order valence-electron chi connectivity index (χ4n) is 0.474. The first-order valence-electron chi connectivity index (χ1n) is 3.30. The highest BCUT2D eigenvalue weighted by Gasteiger charge is 2.05. The van der Waals surface area contributed by atoms with Crippen molar-refractivity contribution in [1.29, 1.82) is 0 Å². The van der Waals surface area contributed by atoms with E-state index < -0.39 is 11.9 Å². The van der Waals surface area contributed by atoms with E-state index in [1.54, 1.807) is 0 Å². The number of ether oxygens (including phenoxy) is 1. The molecule has 0 bridgehead atoms. The van der Waals surface area contributed by atoms with Gasteiger partial charge in [0.2, 0.25) is 0 Å². The average Bonchev–Trinajstić information content (AvgIpc) is 2.01. The number of rotatable bonds is 6. The first-order valence-corrected chi connectivity index (χ1v) is 5.34. The third-order valence-electron chi connectivity index (χ3n) is 0.981. The molecule has 6 heteroatoms. The summed E-state index contributed by atoms with van der Waals surface area (Å²) in [5.74, 6) is -0.850. The Morgan fingerprint density at radius 2 is 2.08 bits per heavy atom. The van der Waals surface area contributed by atoms with Crippen LogP contribution in [0.15, 0.2) is 0 Å². The highest BCUT2D eigenvalue weighted by Crippen LogP contribution is 2.03. The number of hydrogen-bond acceptors (Lipinski definition) is 5. The van der Waals surface area contributed by atoms with Gasteiger partial charge in [-0.1, -0.05) is 10.8 Å². The fourth-order valence-corrected chi connectivity index (χ4v) is 0.855. The van der Waals surface area contributed by atoms with E-state index in [2.05, 4.69) is 16.4 Å². The van der Waals surface area contributed by atoms with Gasteiger partial charge in [-0.25, -0.2) is 0 Å². The second-order valence-electron chi connectivity index (χ2n) is 1.95. The molecule has 0 rings (SSSR count). The van der Waals surface area contributed by atoms with Crippen LogP contribution in [-0.2, 0) is 14.3 Å². The van der Waals surface area contributed by atoms with Gasteiger partial charge in [-0.2, -0.15) is 0 Å². The minimum absolute atomic E-state index is 0.0629. The maximum Gasteiger partial charge on any atom is 0.306 e. The van der Waals surface area contributed by atoms with Crippen molar-refractivity contribution >= 4 is 34.4 Å². The minimum atomic E-state index is -0.990. The molecular formula is C6H10O4S2. The topological polar surface area (TPSA) is 63.6 Å². The summed E-state index contributed by atoms with van der Waals surface area (Å²) in [5, 5.41) is 8.21. The molecule has 0 aliphatic heterocycles. The molecule has 0 aromatic carbocycles. The van der Waals surface area contributed by atoms with E-state index in [0.717, 1.165) is 0 Å². The van der Waals surface area contributed by atoms with Crippen LogP contribution in [0, 0.1) is 0 Å². The molecule has 0 heterocycles. The van der Waals surface area contributed by atoms with Gasteiger partial charge in [0.05, 0.1) is 12.8 Å². The van der Waals surface area contributed by atoms with Crippen molar-refractivity contribution in [2.45, 2.75) is 12.8 Å². The molecule has 70 valence electrons. The zero-order chi connectivity index (χ0) is 9.40. The number of carboxylic acid groups (broad SMARTS) is 1. The Bertz CT molecular complexity index is 160. The van der Waals surface area contributed by atoms with E-state index >= 15 is 0 Å². The fraction of sp³-hybridized carbons (Fsp3) is 0.667. The summed E-state index contributed by atoms with van der Waals surface area (Å²) < 4.78 is 4.66. The lowest BCUT2D eigenvalue weighted by molar-refractivity contribution is -0.147. The lowest BCUT2D eigenvalue weighted by Gasteiger charge is -2.00. The van der Waals surface area contributed by atoms with Crippen LogP contribution in [0.25, 0.3) is 0 Å². The Labute approximate surface area is 79.5 Å². The van der Waals surface area contributed by atoms with Crippen LogP contribution in [0.2, 0.25) is 0 Å². The van der Waals surface area contributed by atoms with Crippen LogP contribution >= 0.6 is 22.5 Å². The van der Waals surface area contributed by atoms with Crippen LogP contribution in [0.4, 0.5) is 0 Å². The Balaban J connectivity index is 3.28.